The van der Waals surface area contributed by atoms with Gasteiger partial charge in [-0.25, -0.2) is 4.98 Å². The number of rotatable bonds is 8. The van der Waals surface area contributed by atoms with E-state index in [-0.39, 0.29) is 0 Å². The van der Waals surface area contributed by atoms with E-state index < -0.39 is 0 Å². The number of anilines is 1. The molecule has 0 atom stereocenters. The van der Waals surface area contributed by atoms with Crippen molar-refractivity contribution in [1.29, 1.82) is 0 Å². The molecule has 2 aromatic heterocycles. The number of nitrogens with zero attached hydrogens (tertiary/aromatic N) is 3. The van der Waals surface area contributed by atoms with Crippen LogP contribution in [0, 0.1) is 0 Å². The number of aromatic nitrogens is 3. The zero-order chi connectivity index (χ0) is 17.5. The van der Waals surface area contributed by atoms with Crippen molar-refractivity contribution in [1.82, 2.24) is 15.2 Å². The van der Waals surface area contributed by atoms with Crippen LogP contribution in [-0.2, 0) is 4.74 Å². The predicted octanol–water partition coefficient (Wildman–Crippen LogP) is 3.89. The largest absolute Gasteiger partial charge is 0.380 e. The Kier molecular flexibility index (Phi) is 5.71. The van der Waals surface area contributed by atoms with Gasteiger partial charge in [-0.2, -0.15) is 5.10 Å². The number of methoxy groups -OCH3 is 1. The van der Waals surface area contributed by atoms with Gasteiger partial charge in [0, 0.05) is 31.6 Å². The van der Waals surface area contributed by atoms with Crippen molar-refractivity contribution in [2.24, 2.45) is 4.99 Å². The average molecular weight is 353 g/mol. The van der Waals surface area contributed by atoms with Gasteiger partial charge in [0.15, 0.2) is 5.13 Å². The first kappa shape index (κ1) is 17.1. The van der Waals surface area contributed by atoms with E-state index in [2.05, 4.69) is 44.3 Å². The highest BCUT2D eigenvalue weighted by Crippen LogP contribution is 2.30. The highest BCUT2D eigenvalue weighted by Gasteiger charge is 2.06. The Bertz CT molecular complexity index is 895. The summed E-state index contributed by atoms with van der Waals surface area (Å²) in [5.74, 6) is 0. The molecule has 128 valence electrons. The molecule has 0 saturated heterocycles. The molecule has 1 aromatic carbocycles. The maximum atomic E-state index is 5.17. The summed E-state index contributed by atoms with van der Waals surface area (Å²) < 4.78 is 6.31. The van der Waals surface area contributed by atoms with Crippen molar-refractivity contribution >= 4 is 33.4 Å². The molecule has 3 aromatic rings. The molecule has 0 spiro atoms. The molecule has 0 aliphatic heterocycles. The molecular formula is C18H19N5OS. The SMILES string of the molecule is C=N/C=C\C(=C/CNc1nc2ccc(-c3cn[nH]c3)cc2s1)COC. The molecule has 0 aliphatic rings. The van der Waals surface area contributed by atoms with Crippen LogP contribution in [0.4, 0.5) is 5.13 Å². The number of fused-ring (bicyclic) bond motifs is 1. The van der Waals surface area contributed by atoms with Gasteiger partial charge in [-0.15, -0.1) is 0 Å². The van der Waals surface area contributed by atoms with Crippen LogP contribution in [0.1, 0.15) is 0 Å². The number of thiazole rings is 1. The Labute approximate surface area is 150 Å². The quantitative estimate of drug-likeness (QED) is 0.476. The fraction of sp³-hybridized carbons (Fsp3) is 0.167. The number of benzene rings is 1. The van der Waals surface area contributed by atoms with Gasteiger partial charge in [-0.05, 0) is 36.1 Å². The molecule has 0 bridgehead atoms. The zero-order valence-electron chi connectivity index (χ0n) is 13.9. The van der Waals surface area contributed by atoms with Gasteiger partial charge in [-0.3, -0.25) is 10.1 Å². The van der Waals surface area contributed by atoms with Crippen LogP contribution in [0.15, 0.2) is 59.5 Å². The summed E-state index contributed by atoms with van der Waals surface area (Å²) in [5.41, 5.74) is 4.21. The number of hydrogen-bond acceptors (Lipinski definition) is 6. The van der Waals surface area contributed by atoms with Crippen molar-refractivity contribution in [3.05, 3.63) is 54.5 Å². The van der Waals surface area contributed by atoms with Gasteiger partial charge in [0.1, 0.15) is 0 Å². The molecule has 25 heavy (non-hydrogen) atoms. The maximum Gasteiger partial charge on any atom is 0.184 e. The summed E-state index contributed by atoms with van der Waals surface area (Å²) in [4.78, 5) is 8.33. The number of aromatic amines is 1. The zero-order valence-corrected chi connectivity index (χ0v) is 14.7. The van der Waals surface area contributed by atoms with E-state index >= 15 is 0 Å². The molecule has 2 N–H and O–H groups in total. The van der Waals surface area contributed by atoms with E-state index in [0.717, 1.165) is 32.0 Å². The Balaban J connectivity index is 1.71. The highest BCUT2D eigenvalue weighted by atomic mass is 32.1. The minimum absolute atomic E-state index is 0.529. The van der Waals surface area contributed by atoms with E-state index in [1.165, 1.54) is 0 Å². The van der Waals surface area contributed by atoms with E-state index in [4.69, 9.17) is 4.74 Å². The Morgan fingerprint density at radius 2 is 2.36 bits per heavy atom. The maximum absolute atomic E-state index is 5.17. The van der Waals surface area contributed by atoms with Crippen molar-refractivity contribution in [2.45, 2.75) is 0 Å². The second-order valence-electron chi connectivity index (χ2n) is 5.28. The van der Waals surface area contributed by atoms with Gasteiger partial charge in [0.05, 0.1) is 23.0 Å². The summed E-state index contributed by atoms with van der Waals surface area (Å²) in [7, 11) is 1.67. The lowest BCUT2D eigenvalue weighted by molar-refractivity contribution is 0.228. The molecule has 0 saturated carbocycles. The van der Waals surface area contributed by atoms with E-state index in [9.17, 15) is 0 Å². The van der Waals surface area contributed by atoms with Crippen LogP contribution >= 0.6 is 11.3 Å². The number of ether oxygens (including phenoxy) is 1. The lowest BCUT2D eigenvalue weighted by Crippen LogP contribution is -2.00. The Morgan fingerprint density at radius 3 is 3.12 bits per heavy atom. The van der Waals surface area contributed by atoms with Crippen LogP contribution in [0.25, 0.3) is 21.3 Å². The molecule has 0 unspecified atom stereocenters. The minimum Gasteiger partial charge on any atom is -0.380 e. The van der Waals surface area contributed by atoms with Gasteiger partial charge >= 0.3 is 0 Å². The van der Waals surface area contributed by atoms with Crippen LogP contribution in [0.2, 0.25) is 0 Å². The lowest BCUT2D eigenvalue weighted by Gasteiger charge is -2.01. The lowest BCUT2D eigenvalue weighted by atomic mass is 10.1. The number of hydrogen-bond donors (Lipinski definition) is 2. The van der Waals surface area contributed by atoms with Gasteiger partial charge in [-0.1, -0.05) is 23.5 Å². The summed E-state index contributed by atoms with van der Waals surface area (Å²) in [6.45, 7) is 4.63. The van der Waals surface area contributed by atoms with Gasteiger partial charge in [0.25, 0.3) is 0 Å². The first-order chi connectivity index (χ1) is 12.3. The second-order valence-corrected chi connectivity index (χ2v) is 6.31. The van der Waals surface area contributed by atoms with E-state index in [1.54, 1.807) is 24.6 Å². The average Bonchev–Trinajstić information content (AvgIpc) is 3.28. The Morgan fingerprint density at radius 1 is 1.44 bits per heavy atom. The monoisotopic (exact) mass is 353 g/mol. The fourth-order valence-corrected chi connectivity index (χ4v) is 3.26. The van der Waals surface area contributed by atoms with Crippen molar-refractivity contribution in [3.63, 3.8) is 0 Å². The smallest absolute Gasteiger partial charge is 0.184 e. The third-order valence-electron chi connectivity index (χ3n) is 3.54. The number of H-pyrrole nitrogens is 1. The van der Waals surface area contributed by atoms with Gasteiger partial charge < -0.3 is 10.1 Å². The molecule has 0 amide bonds. The van der Waals surface area contributed by atoms with Crippen LogP contribution in [-0.4, -0.2) is 42.2 Å². The third-order valence-corrected chi connectivity index (χ3v) is 4.52. The van der Waals surface area contributed by atoms with Crippen molar-refractivity contribution in [3.8, 4) is 11.1 Å². The third kappa shape index (κ3) is 4.40. The molecule has 2 heterocycles. The fourth-order valence-electron chi connectivity index (χ4n) is 2.35. The first-order valence-corrected chi connectivity index (χ1v) is 8.56. The molecule has 6 nitrogen and oxygen atoms in total. The van der Waals surface area contributed by atoms with Crippen LogP contribution in [0.5, 0.6) is 0 Å². The molecule has 3 rings (SSSR count). The number of nitrogens with one attached hydrogen (secondary N) is 2. The van der Waals surface area contributed by atoms with Gasteiger partial charge in [0.2, 0.25) is 0 Å². The Hall–Kier alpha value is -2.77. The van der Waals surface area contributed by atoms with Crippen molar-refractivity contribution < 1.29 is 4.74 Å². The molecule has 0 aliphatic carbocycles. The summed E-state index contributed by atoms with van der Waals surface area (Å²) in [6, 6.07) is 6.22. The molecular weight excluding hydrogens is 334 g/mol. The second kappa shape index (κ2) is 8.36. The predicted molar refractivity (Wildman–Crippen MR) is 104 cm³/mol. The molecule has 0 radical (unpaired) electrons. The summed E-state index contributed by atoms with van der Waals surface area (Å²) >= 11 is 1.63. The van der Waals surface area contributed by atoms with Crippen LogP contribution in [0.3, 0.4) is 0 Å². The summed E-state index contributed by atoms with van der Waals surface area (Å²) in [5, 5.41) is 11.0. The number of aliphatic imine (C=N–C) groups is 1. The van der Waals surface area contributed by atoms with Crippen LogP contribution < -0.4 is 5.32 Å². The van der Waals surface area contributed by atoms with Crippen molar-refractivity contribution in [2.75, 3.05) is 25.6 Å². The normalized spacial score (nSPS) is 12.1. The van der Waals surface area contributed by atoms with E-state index in [0.29, 0.717) is 13.2 Å². The molecule has 0 fully saturated rings. The highest BCUT2D eigenvalue weighted by molar-refractivity contribution is 7.22. The first-order valence-electron chi connectivity index (χ1n) is 7.74. The molecule has 7 heteroatoms. The summed E-state index contributed by atoms with van der Waals surface area (Å²) in [6.07, 6.45) is 9.28. The topological polar surface area (TPSA) is 75.2 Å². The standard InChI is InChI=1S/C18H19N5OS/c1-19-7-5-13(12-24-2)6-8-20-18-23-16-4-3-14(9-17(16)25-18)15-10-21-22-11-15/h3-7,9-11H,1,8,12H2,2H3,(H,20,23)(H,21,22)/b7-5-,13-6+. The minimum atomic E-state index is 0.529. The van der Waals surface area contributed by atoms with E-state index in [1.807, 2.05) is 30.6 Å².